The normalized spacial score (nSPS) is 13.2. The Bertz CT molecular complexity index is 3510. The third-order valence-electron chi connectivity index (χ3n) is 14.3. The van der Waals surface area contributed by atoms with E-state index in [1.807, 2.05) is 62.6 Å². The van der Waals surface area contributed by atoms with Crippen molar-refractivity contribution in [2.24, 2.45) is 19.5 Å². The number of benzene rings is 4. The zero-order valence-corrected chi connectivity index (χ0v) is 45.5. The van der Waals surface area contributed by atoms with E-state index < -0.39 is 35.3 Å². The van der Waals surface area contributed by atoms with Gasteiger partial charge in [0.1, 0.15) is 11.4 Å². The molecule has 2 N–H and O–H groups in total. The molecule has 4 aromatic carbocycles. The highest BCUT2D eigenvalue weighted by Crippen LogP contribution is 2.38. The fraction of sp³-hybridized carbons (Fsp3) is 0.368. The van der Waals surface area contributed by atoms with E-state index >= 15 is 0 Å². The monoisotopic (exact) mass is 1080 g/mol. The van der Waals surface area contributed by atoms with Crippen LogP contribution in [0.1, 0.15) is 117 Å². The highest BCUT2D eigenvalue weighted by atomic mass is 19.4. The molecule has 0 atom stereocenters. The molecule has 1 fully saturated rings. The number of hydrogen-bond donors (Lipinski definition) is 2. The van der Waals surface area contributed by atoms with Gasteiger partial charge in [-0.05, 0) is 168 Å². The van der Waals surface area contributed by atoms with Gasteiger partial charge in [-0.25, -0.2) is 9.36 Å². The summed E-state index contributed by atoms with van der Waals surface area (Å²) in [7, 11) is 3.69. The Morgan fingerprint density at radius 1 is 0.590 bits per heavy atom. The van der Waals surface area contributed by atoms with Crippen molar-refractivity contribution < 1.29 is 35.9 Å². The quantitative estimate of drug-likeness (QED) is 0.114. The third kappa shape index (κ3) is 12.7. The van der Waals surface area contributed by atoms with Gasteiger partial charge < -0.3 is 10.6 Å². The van der Waals surface area contributed by atoms with E-state index in [0.717, 1.165) is 71.7 Å². The molecule has 78 heavy (non-hydrogen) atoms. The van der Waals surface area contributed by atoms with E-state index in [4.69, 9.17) is 0 Å². The number of anilines is 2. The summed E-state index contributed by atoms with van der Waals surface area (Å²) in [6.07, 6.45) is 1.14. The van der Waals surface area contributed by atoms with Gasteiger partial charge in [-0.2, -0.15) is 36.5 Å². The molecule has 0 spiro atoms. The largest absolute Gasteiger partial charge is 0.416 e. The second-order valence-corrected chi connectivity index (χ2v) is 21.2. The van der Waals surface area contributed by atoms with Crippen LogP contribution in [-0.2, 0) is 39.4 Å². The number of aryl methyl sites for hydroxylation is 5. The zero-order valence-electron chi connectivity index (χ0n) is 45.5. The first-order valence-electron chi connectivity index (χ1n) is 25.5. The highest BCUT2D eigenvalue weighted by molar-refractivity contribution is 6.05. The van der Waals surface area contributed by atoms with Crippen LogP contribution in [0, 0.1) is 47.0 Å². The maximum Gasteiger partial charge on any atom is 0.416 e. The fourth-order valence-electron chi connectivity index (χ4n) is 9.31. The molecule has 0 saturated carbocycles. The standard InChI is InChI=1S/C29H33F3N6O.C28H30F3N7O/c1-17-8-9-21(13-26(17)38-16-25(35-36-38)23-15-33-37(7)19(23)3)27(39)34-22-12-20(10-11-28(4,5)6)18(2)24(14-22)29(30,31)32;1-17-7-8-20(12-26(17)38-16-25(34-35-38)23-14-32-36(4)19(23)3)27(39)33-22-11-21(15-37-9-5-6-10-37)18(2)24(13-22)28(29,30)31/h8-9,12-16H,10-11H2,1-7H3,(H,34,39);7-8,11-14,16H,5-6,9-10,15H2,1-4H3,(H,33,39). The Hall–Kier alpha value is -7.94. The number of alkyl halides is 6. The van der Waals surface area contributed by atoms with Crippen LogP contribution >= 0.6 is 0 Å². The van der Waals surface area contributed by atoms with Crippen molar-refractivity contribution >= 4 is 23.2 Å². The predicted molar refractivity (Wildman–Crippen MR) is 287 cm³/mol. The Morgan fingerprint density at radius 2 is 1.01 bits per heavy atom. The molecule has 0 unspecified atom stereocenters. The lowest BCUT2D eigenvalue weighted by Crippen LogP contribution is -2.21. The molecule has 5 heterocycles. The summed E-state index contributed by atoms with van der Waals surface area (Å²) in [6, 6.07) is 15.4. The number of amides is 2. The maximum absolute atomic E-state index is 13.9. The molecule has 1 aliphatic rings. The summed E-state index contributed by atoms with van der Waals surface area (Å²) >= 11 is 0. The minimum atomic E-state index is -4.53. The van der Waals surface area contributed by atoms with Crippen LogP contribution in [0.4, 0.5) is 37.7 Å². The van der Waals surface area contributed by atoms with Gasteiger partial charge in [0.05, 0.1) is 47.3 Å². The zero-order chi connectivity index (χ0) is 56.6. The summed E-state index contributed by atoms with van der Waals surface area (Å²) < 4.78 is 89.8. The summed E-state index contributed by atoms with van der Waals surface area (Å²) in [6.45, 7) is 18.9. The van der Waals surface area contributed by atoms with Gasteiger partial charge in [0.2, 0.25) is 0 Å². The highest BCUT2D eigenvalue weighted by Gasteiger charge is 2.35. The minimum absolute atomic E-state index is 0.0423. The average Bonchev–Trinajstić information content (AvgIpc) is 4.27. The van der Waals surface area contributed by atoms with Gasteiger partial charge in [-0.1, -0.05) is 43.3 Å². The third-order valence-corrected chi connectivity index (χ3v) is 14.3. The molecule has 0 aliphatic carbocycles. The maximum atomic E-state index is 13.9. The van der Waals surface area contributed by atoms with E-state index in [-0.39, 0.29) is 33.5 Å². The number of halogens is 6. The number of rotatable bonds is 12. The van der Waals surface area contributed by atoms with Crippen LogP contribution in [0.5, 0.6) is 0 Å². The number of nitrogens with zero attached hydrogens (tertiary/aromatic N) is 11. The Kier molecular flexibility index (Phi) is 16.0. The lowest BCUT2D eigenvalue weighted by atomic mass is 9.86. The van der Waals surface area contributed by atoms with Crippen molar-refractivity contribution in [3.63, 3.8) is 0 Å². The Labute approximate surface area is 448 Å². The Balaban J connectivity index is 0.000000206. The molecule has 0 bridgehead atoms. The molecule has 0 radical (unpaired) electrons. The number of carbonyl (C=O) groups is 2. The van der Waals surface area contributed by atoms with Crippen LogP contribution in [-0.4, -0.2) is 79.4 Å². The van der Waals surface area contributed by atoms with E-state index in [9.17, 15) is 35.9 Å². The molecular weight excluding hydrogens is 1010 g/mol. The molecule has 410 valence electrons. The number of carbonyl (C=O) groups excluding carboxylic acids is 2. The molecule has 9 rings (SSSR count). The van der Waals surface area contributed by atoms with Gasteiger partial charge in [-0.15, -0.1) is 10.2 Å². The van der Waals surface area contributed by atoms with Crippen molar-refractivity contribution in [3.8, 4) is 33.9 Å². The number of likely N-dealkylation sites (tertiary alicyclic amines) is 1. The van der Waals surface area contributed by atoms with Crippen molar-refractivity contribution in [2.45, 2.75) is 107 Å². The van der Waals surface area contributed by atoms with Gasteiger partial charge in [0, 0.05) is 65.7 Å². The fourth-order valence-corrected chi connectivity index (χ4v) is 9.31. The minimum Gasteiger partial charge on any atom is -0.322 e. The average molecular weight is 1080 g/mol. The number of aromatic nitrogens is 10. The molecule has 21 heteroatoms. The van der Waals surface area contributed by atoms with Crippen molar-refractivity contribution in [1.82, 2.24) is 54.4 Å². The first kappa shape index (κ1) is 56.3. The summed E-state index contributed by atoms with van der Waals surface area (Å²) in [5.74, 6) is -1.03. The van der Waals surface area contributed by atoms with E-state index in [2.05, 4.69) is 46.4 Å². The van der Waals surface area contributed by atoms with E-state index in [1.165, 1.54) is 13.8 Å². The van der Waals surface area contributed by atoms with Crippen LogP contribution in [0.25, 0.3) is 33.9 Å². The molecule has 8 aromatic rings. The van der Waals surface area contributed by atoms with Gasteiger partial charge in [-0.3, -0.25) is 23.9 Å². The number of nitrogens with one attached hydrogen (secondary N) is 2. The molecular formula is C57H63F6N13O2. The van der Waals surface area contributed by atoms with Crippen LogP contribution in [0.2, 0.25) is 0 Å². The van der Waals surface area contributed by atoms with E-state index in [0.29, 0.717) is 58.8 Å². The lowest BCUT2D eigenvalue weighted by molar-refractivity contribution is -0.138. The van der Waals surface area contributed by atoms with Crippen molar-refractivity contribution in [2.75, 3.05) is 23.7 Å². The molecule has 4 aromatic heterocycles. The topological polar surface area (TPSA) is 158 Å². The van der Waals surface area contributed by atoms with Crippen LogP contribution < -0.4 is 10.6 Å². The van der Waals surface area contributed by atoms with Gasteiger partial charge >= 0.3 is 12.4 Å². The van der Waals surface area contributed by atoms with Crippen molar-refractivity contribution in [1.29, 1.82) is 0 Å². The number of hydrogen-bond acceptors (Lipinski definition) is 9. The summed E-state index contributed by atoms with van der Waals surface area (Å²) in [5, 5.41) is 30.8. The predicted octanol–water partition coefficient (Wildman–Crippen LogP) is 12.3. The lowest BCUT2D eigenvalue weighted by Gasteiger charge is -2.21. The van der Waals surface area contributed by atoms with E-state index in [1.54, 1.807) is 92.0 Å². The van der Waals surface area contributed by atoms with Crippen LogP contribution in [0.3, 0.4) is 0 Å². The molecule has 2 amide bonds. The second-order valence-electron chi connectivity index (χ2n) is 21.2. The Morgan fingerprint density at radius 3 is 1.41 bits per heavy atom. The SMILES string of the molecule is Cc1ccc(C(=O)Nc2cc(CCC(C)(C)C)c(C)c(C(F)(F)F)c2)cc1-n1cc(-c2cnn(C)c2C)nn1.Cc1ccc(C(=O)Nc2cc(CN3CCCC3)c(C)c(C(F)(F)F)c2)cc1-n1cc(-c2cnn(C)c2C)nn1. The molecule has 15 nitrogen and oxygen atoms in total. The first-order valence-corrected chi connectivity index (χ1v) is 25.5. The summed E-state index contributed by atoms with van der Waals surface area (Å²) in [4.78, 5) is 28.6. The summed E-state index contributed by atoms with van der Waals surface area (Å²) in [5.41, 5.74) is 8.61. The second kappa shape index (κ2) is 22.2. The van der Waals surface area contributed by atoms with Crippen LogP contribution in [0.15, 0.2) is 85.5 Å². The first-order chi connectivity index (χ1) is 36.6. The smallest absolute Gasteiger partial charge is 0.322 e. The van der Waals surface area contributed by atoms with Crippen molar-refractivity contribution in [3.05, 3.63) is 152 Å². The van der Waals surface area contributed by atoms with Gasteiger partial charge in [0.15, 0.2) is 0 Å². The molecule has 1 saturated heterocycles. The molecule has 1 aliphatic heterocycles. The van der Waals surface area contributed by atoms with Gasteiger partial charge in [0.25, 0.3) is 11.8 Å².